The van der Waals surface area contributed by atoms with Gasteiger partial charge in [0, 0.05) is 36.7 Å². The molecule has 3 aromatic rings. The first-order valence-corrected chi connectivity index (χ1v) is 9.51. The highest BCUT2D eigenvalue weighted by Gasteiger charge is 2.41. The van der Waals surface area contributed by atoms with Gasteiger partial charge in [0.05, 0.1) is 6.20 Å². The minimum atomic E-state index is -0.255. The van der Waals surface area contributed by atoms with Crippen LogP contribution in [0.5, 0.6) is 5.75 Å². The fraction of sp³-hybridized carbons (Fsp3) is 0.381. The Morgan fingerprint density at radius 3 is 3.07 bits per heavy atom. The largest absolute Gasteiger partial charge is 0.487 e. The molecule has 0 radical (unpaired) electrons. The van der Waals surface area contributed by atoms with Gasteiger partial charge in [0.25, 0.3) is 5.91 Å². The number of rotatable bonds is 4. The molecular weight excluding hydrogens is 356 g/mol. The molecule has 1 amide bonds. The molecule has 1 aromatic carbocycles. The fourth-order valence-corrected chi connectivity index (χ4v) is 4.09. The van der Waals surface area contributed by atoms with Crippen LogP contribution in [-0.4, -0.2) is 37.8 Å². The van der Waals surface area contributed by atoms with Crippen molar-refractivity contribution in [3.8, 4) is 5.75 Å². The smallest absolute Gasteiger partial charge is 0.261 e. The molecule has 1 fully saturated rings. The third kappa shape index (κ3) is 2.82. The molecule has 1 unspecified atom stereocenters. The maximum absolute atomic E-state index is 13.0. The number of nitrogens with zero attached hydrogens (tertiary/aromatic N) is 3. The van der Waals surface area contributed by atoms with Crippen molar-refractivity contribution in [3.05, 3.63) is 53.5 Å². The molecule has 1 saturated carbocycles. The molecule has 2 N–H and O–H groups in total. The summed E-state index contributed by atoms with van der Waals surface area (Å²) >= 11 is 0. The van der Waals surface area contributed by atoms with Crippen LogP contribution in [0.2, 0.25) is 0 Å². The van der Waals surface area contributed by atoms with E-state index in [0.29, 0.717) is 11.2 Å². The molecule has 2 aliphatic rings. The van der Waals surface area contributed by atoms with Crippen molar-refractivity contribution < 1.29 is 14.6 Å². The molecule has 5 rings (SSSR count). The van der Waals surface area contributed by atoms with Gasteiger partial charge in [-0.3, -0.25) is 4.79 Å². The molecule has 2 aromatic heterocycles. The zero-order valence-electron chi connectivity index (χ0n) is 15.8. The van der Waals surface area contributed by atoms with Crippen LogP contribution in [0, 0.1) is 5.92 Å². The third-order valence-electron chi connectivity index (χ3n) is 5.56. The fourth-order valence-electron chi connectivity index (χ4n) is 4.09. The van der Waals surface area contributed by atoms with Crippen LogP contribution in [0.25, 0.3) is 5.65 Å². The van der Waals surface area contributed by atoms with Gasteiger partial charge in [0.15, 0.2) is 5.65 Å². The lowest BCUT2D eigenvalue weighted by atomic mass is 9.98. The number of aliphatic hydroxyl groups is 1. The number of benzene rings is 1. The van der Waals surface area contributed by atoms with Crippen molar-refractivity contribution >= 4 is 17.2 Å². The maximum atomic E-state index is 13.0. The van der Waals surface area contributed by atoms with Gasteiger partial charge in [-0.05, 0) is 55.9 Å². The number of amides is 1. The second-order valence-electron chi connectivity index (χ2n) is 8.27. The lowest BCUT2D eigenvalue weighted by molar-refractivity contribution is 0.102. The number of aromatic nitrogens is 3. The van der Waals surface area contributed by atoms with Crippen molar-refractivity contribution in [1.82, 2.24) is 14.6 Å². The number of nitrogens with one attached hydrogen (secondary N) is 1. The number of anilines is 1. The number of carbonyl (C=O) groups is 1. The Balaban J connectivity index is 1.51. The van der Waals surface area contributed by atoms with E-state index >= 15 is 0 Å². The van der Waals surface area contributed by atoms with Crippen LogP contribution >= 0.6 is 0 Å². The highest BCUT2D eigenvalue weighted by molar-refractivity contribution is 6.08. The van der Waals surface area contributed by atoms with Gasteiger partial charge in [-0.1, -0.05) is 0 Å². The first-order chi connectivity index (χ1) is 13.4. The van der Waals surface area contributed by atoms with Crippen LogP contribution in [0.4, 0.5) is 5.69 Å². The van der Waals surface area contributed by atoms with Gasteiger partial charge >= 0.3 is 0 Å². The molecule has 7 nitrogen and oxygen atoms in total. The van der Waals surface area contributed by atoms with Crippen LogP contribution in [0.1, 0.15) is 47.7 Å². The predicted molar refractivity (Wildman–Crippen MR) is 104 cm³/mol. The van der Waals surface area contributed by atoms with E-state index in [-0.39, 0.29) is 30.0 Å². The molecule has 7 heteroatoms. The molecule has 2 atom stereocenters. The molecule has 0 saturated heterocycles. The molecule has 28 heavy (non-hydrogen) atoms. The van der Waals surface area contributed by atoms with E-state index in [0.717, 1.165) is 35.4 Å². The van der Waals surface area contributed by atoms with Gasteiger partial charge < -0.3 is 15.2 Å². The van der Waals surface area contributed by atoms with E-state index in [4.69, 9.17) is 4.74 Å². The van der Waals surface area contributed by atoms with Crippen molar-refractivity contribution in [3.63, 3.8) is 0 Å². The van der Waals surface area contributed by atoms with Crippen molar-refractivity contribution in [2.24, 2.45) is 5.92 Å². The van der Waals surface area contributed by atoms with Crippen molar-refractivity contribution in [2.75, 3.05) is 11.9 Å². The van der Waals surface area contributed by atoms with E-state index in [2.05, 4.69) is 29.2 Å². The Hall–Kier alpha value is -2.93. The predicted octanol–water partition coefficient (Wildman–Crippen LogP) is 2.79. The molecule has 1 aliphatic heterocycles. The number of fused-ring (bicyclic) bond motifs is 2. The number of hydrogen-bond acceptors (Lipinski definition) is 5. The third-order valence-corrected chi connectivity index (χ3v) is 5.56. The zero-order valence-corrected chi connectivity index (χ0v) is 15.8. The molecule has 1 aliphatic carbocycles. The Labute approximate surface area is 162 Å². The summed E-state index contributed by atoms with van der Waals surface area (Å²) in [6, 6.07) is 5.82. The zero-order chi connectivity index (χ0) is 19.5. The first-order valence-electron chi connectivity index (χ1n) is 9.51. The second kappa shape index (κ2) is 6.04. The Bertz CT molecular complexity index is 1090. The summed E-state index contributed by atoms with van der Waals surface area (Å²) in [5.74, 6) is 1.11. The van der Waals surface area contributed by atoms with E-state index in [1.165, 1.54) is 6.20 Å². The average molecular weight is 378 g/mol. The summed E-state index contributed by atoms with van der Waals surface area (Å²) in [7, 11) is 0. The summed E-state index contributed by atoms with van der Waals surface area (Å²) in [6.07, 6.45) is 6.64. The lowest BCUT2D eigenvalue weighted by Gasteiger charge is -2.17. The van der Waals surface area contributed by atoms with E-state index < -0.39 is 0 Å². The van der Waals surface area contributed by atoms with Crippen LogP contribution in [0.15, 0.2) is 36.8 Å². The molecule has 3 heterocycles. The van der Waals surface area contributed by atoms with E-state index in [1.807, 2.05) is 12.1 Å². The highest BCUT2D eigenvalue weighted by atomic mass is 16.5. The molecule has 144 valence electrons. The Morgan fingerprint density at radius 2 is 2.29 bits per heavy atom. The summed E-state index contributed by atoms with van der Waals surface area (Å²) < 4.78 is 7.65. The molecule has 0 spiro atoms. The SMILES string of the molecule is CC1(C)Cc2cc(NC(=O)c3cnn4cccnc34)c(C3C[C@H]3CO)cc2O1. The van der Waals surface area contributed by atoms with Crippen molar-refractivity contribution in [1.29, 1.82) is 0 Å². The second-order valence-corrected chi connectivity index (χ2v) is 8.27. The minimum absolute atomic E-state index is 0.152. The quantitative estimate of drug-likeness (QED) is 0.729. The Kier molecular flexibility index (Phi) is 3.71. The summed E-state index contributed by atoms with van der Waals surface area (Å²) in [4.78, 5) is 17.2. The number of carbonyl (C=O) groups excluding carboxylic acids is 1. The number of ether oxygens (including phenoxy) is 1. The van der Waals surface area contributed by atoms with Crippen LogP contribution < -0.4 is 10.1 Å². The summed E-state index contributed by atoms with van der Waals surface area (Å²) in [5, 5.41) is 16.8. The number of hydrogen-bond donors (Lipinski definition) is 2. The van der Waals surface area contributed by atoms with E-state index in [9.17, 15) is 9.90 Å². The molecule has 0 bridgehead atoms. The van der Waals surface area contributed by atoms with Gasteiger partial charge in [-0.25, -0.2) is 9.50 Å². The topological polar surface area (TPSA) is 88.8 Å². The minimum Gasteiger partial charge on any atom is -0.487 e. The average Bonchev–Trinajstić information content (AvgIpc) is 3.20. The van der Waals surface area contributed by atoms with E-state index in [1.54, 1.807) is 23.0 Å². The first kappa shape index (κ1) is 17.2. The van der Waals surface area contributed by atoms with Gasteiger partial charge in [0.1, 0.15) is 16.9 Å². The van der Waals surface area contributed by atoms with Gasteiger partial charge in [0.2, 0.25) is 0 Å². The van der Waals surface area contributed by atoms with Crippen LogP contribution in [0.3, 0.4) is 0 Å². The monoisotopic (exact) mass is 378 g/mol. The molecular formula is C21H22N4O3. The van der Waals surface area contributed by atoms with Crippen molar-refractivity contribution in [2.45, 2.75) is 38.2 Å². The van der Waals surface area contributed by atoms with Gasteiger partial charge in [-0.15, -0.1) is 0 Å². The lowest BCUT2D eigenvalue weighted by Crippen LogP contribution is -2.24. The maximum Gasteiger partial charge on any atom is 0.261 e. The van der Waals surface area contributed by atoms with Gasteiger partial charge in [-0.2, -0.15) is 5.10 Å². The Morgan fingerprint density at radius 1 is 1.43 bits per heavy atom. The van der Waals surface area contributed by atoms with Crippen LogP contribution in [-0.2, 0) is 6.42 Å². The summed E-state index contributed by atoms with van der Waals surface area (Å²) in [5.41, 5.74) is 3.58. The number of aliphatic hydroxyl groups excluding tert-OH is 1. The normalized spacial score (nSPS) is 22.0. The highest BCUT2D eigenvalue weighted by Crippen LogP contribution is 2.52. The standard InChI is InChI=1S/C21H22N4O3/c1-21(2)9-12-7-17(15(8-18(12)28-21)14-6-13(14)11-26)24-20(27)16-10-23-25-5-3-4-22-19(16)25/h3-5,7-8,10,13-14,26H,6,9,11H2,1-2H3,(H,24,27)/t13-,14?/m0/s1. The summed E-state index contributed by atoms with van der Waals surface area (Å²) in [6.45, 7) is 4.27.